The summed E-state index contributed by atoms with van der Waals surface area (Å²) in [4.78, 5) is 0. The topological polar surface area (TPSA) is 4.93 Å². The van der Waals surface area contributed by atoms with Gasteiger partial charge in [-0.05, 0) is 137 Å². The third-order valence-electron chi connectivity index (χ3n) is 15.5. The van der Waals surface area contributed by atoms with Gasteiger partial charge < -0.3 is 4.57 Å². The van der Waals surface area contributed by atoms with Crippen LogP contribution in [0.1, 0.15) is 38.9 Å². The highest BCUT2D eigenvalue weighted by Gasteiger charge is 2.47. The molecule has 1 nitrogen and oxygen atoms in total. The molecule has 15 rings (SSSR count). The molecule has 2 heteroatoms. The molecule has 0 N–H and O–H groups in total. The van der Waals surface area contributed by atoms with Crippen molar-refractivity contribution in [2.75, 3.05) is 0 Å². The molecule has 0 spiro atoms. The summed E-state index contributed by atoms with van der Waals surface area (Å²) in [6, 6.07) is 95.2. The third kappa shape index (κ3) is 5.92. The minimum absolute atomic E-state index is 0.517. The molecule has 12 aromatic carbocycles. The average molecular weight is 918 g/mol. The quantitative estimate of drug-likeness (QED) is 0.116. The number of nitrogens with zero attached hydrogens (tertiary/aromatic N) is 1. The second-order valence-electron chi connectivity index (χ2n) is 19.1. The Morgan fingerprint density at radius 3 is 1.83 bits per heavy atom. The number of fused-ring (bicyclic) bond motifs is 14. The average Bonchev–Trinajstić information content (AvgIpc) is 4.09. The molecule has 0 unspecified atom stereocenters. The van der Waals surface area contributed by atoms with Crippen LogP contribution in [0.2, 0.25) is 0 Å². The zero-order valence-corrected chi connectivity index (χ0v) is 39.5. The largest absolute Gasteiger partial charge is 0.309 e. The van der Waals surface area contributed by atoms with Crippen molar-refractivity contribution in [1.29, 1.82) is 0 Å². The standard InChI is InChI=1S/C69H43NS/c1-3-17-48(18-4-1)69(49-19-5-2-6-20-49)62-26-12-9-24-59(62)68-58(25-15-27-63(68)69)60(41-44-30-35-52-46(40-44)32-37-53-51-21-8-7-16-45(51)31-36-54(52)53)47-33-39-65-61(42-47)55-22-10-13-28-64(55)70(65)50-34-38-57-56-23-11-14-29-66(56)71-67(57)43-50/h1-43H/b60-41-. The van der Waals surface area contributed by atoms with Crippen LogP contribution in [0.5, 0.6) is 0 Å². The van der Waals surface area contributed by atoms with Crippen LogP contribution in [0.4, 0.5) is 0 Å². The molecule has 0 saturated carbocycles. The van der Waals surface area contributed by atoms with Crippen molar-refractivity contribution in [3.8, 4) is 16.8 Å². The van der Waals surface area contributed by atoms with E-state index in [4.69, 9.17) is 0 Å². The molecule has 0 amide bonds. The molecular weight excluding hydrogens is 875 g/mol. The Bertz CT molecular complexity index is 4470. The molecule has 0 aliphatic heterocycles. The zero-order valence-electron chi connectivity index (χ0n) is 38.7. The van der Waals surface area contributed by atoms with Gasteiger partial charge in [0, 0.05) is 36.6 Å². The normalized spacial score (nSPS) is 13.3. The van der Waals surface area contributed by atoms with E-state index < -0.39 is 5.41 Å². The number of aromatic nitrogens is 1. The first-order valence-electron chi connectivity index (χ1n) is 24.6. The number of hydrogen-bond acceptors (Lipinski definition) is 1. The first-order valence-corrected chi connectivity index (χ1v) is 25.4. The molecule has 2 heterocycles. The smallest absolute Gasteiger partial charge is 0.0713 e. The lowest BCUT2D eigenvalue weighted by Gasteiger charge is -2.34. The summed E-state index contributed by atoms with van der Waals surface area (Å²) < 4.78 is 5.08. The zero-order chi connectivity index (χ0) is 46.6. The van der Waals surface area contributed by atoms with Crippen LogP contribution < -0.4 is 0 Å². The van der Waals surface area contributed by atoms with Crippen molar-refractivity contribution >= 4 is 97.3 Å². The Morgan fingerprint density at radius 1 is 0.380 bits per heavy atom. The molecule has 0 fully saturated rings. The maximum absolute atomic E-state index is 2.46. The molecule has 0 saturated heterocycles. The predicted octanol–water partition coefficient (Wildman–Crippen LogP) is 18.6. The van der Waals surface area contributed by atoms with E-state index in [1.54, 1.807) is 0 Å². The molecule has 1 aliphatic carbocycles. The Hall–Kier alpha value is -8.82. The number of hydrogen-bond donors (Lipinski definition) is 0. The van der Waals surface area contributed by atoms with Gasteiger partial charge in [-0.15, -0.1) is 11.3 Å². The summed E-state index contributed by atoms with van der Waals surface area (Å²) in [7, 11) is 0. The second kappa shape index (κ2) is 15.6. The van der Waals surface area contributed by atoms with Crippen LogP contribution >= 0.6 is 11.3 Å². The van der Waals surface area contributed by atoms with Crippen LogP contribution in [0, 0.1) is 0 Å². The molecule has 1 aliphatic rings. The van der Waals surface area contributed by atoms with E-state index >= 15 is 0 Å². The number of rotatable bonds is 6. The lowest BCUT2D eigenvalue weighted by atomic mass is 9.67. The van der Waals surface area contributed by atoms with Crippen LogP contribution in [-0.4, -0.2) is 4.57 Å². The van der Waals surface area contributed by atoms with Crippen molar-refractivity contribution in [1.82, 2.24) is 4.57 Å². The maximum Gasteiger partial charge on any atom is 0.0713 e. The Kier molecular flexibility index (Phi) is 8.81. The first kappa shape index (κ1) is 40.1. The SMILES string of the molecule is C(=C(\c1ccc2c(c1)c1ccccc1n2-c1ccc2c(c1)sc1ccccc12)c1cccc2c1-c1ccccc1C2(c1ccccc1)c1ccccc1)/c1ccc2c(ccc3c4ccccc4ccc23)c1. The van der Waals surface area contributed by atoms with Crippen LogP contribution in [0.15, 0.2) is 255 Å². The number of para-hydroxylation sites is 1. The fourth-order valence-electron chi connectivity index (χ4n) is 12.4. The summed E-state index contributed by atoms with van der Waals surface area (Å²) in [6.07, 6.45) is 2.45. The van der Waals surface area contributed by atoms with Crippen LogP contribution in [0.25, 0.3) is 103 Å². The highest BCUT2D eigenvalue weighted by atomic mass is 32.1. The molecule has 0 atom stereocenters. The van der Waals surface area contributed by atoms with Gasteiger partial charge in [-0.1, -0.05) is 212 Å². The van der Waals surface area contributed by atoms with Crippen molar-refractivity contribution in [3.05, 3.63) is 294 Å². The van der Waals surface area contributed by atoms with Gasteiger partial charge in [0.15, 0.2) is 0 Å². The summed E-state index contributed by atoms with van der Waals surface area (Å²) in [6.45, 7) is 0. The van der Waals surface area contributed by atoms with Crippen molar-refractivity contribution in [2.45, 2.75) is 5.41 Å². The van der Waals surface area contributed by atoms with Gasteiger partial charge in [0.05, 0.1) is 16.4 Å². The minimum Gasteiger partial charge on any atom is -0.309 e. The highest BCUT2D eigenvalue weighted by Crippen LogP contribution is 2.58. The van der Waals surface area contributed by atoms with Gasteiger partial charge in [-0.25, -0.2) is 0 Å². The van der Waals surface area contributed by atoms with Gasteiger partial charge >= 0.3 is 0 Å². The molecule has 330 valence electrons. The number of benzene rings is 12. The van der Waals surface area contributed by atoms with E-state index in [1.807, 2.05) is 11.3 Å². The first-order chi connectivity index (χ1) is 35.2. The second-order valence-corrected chi connectivity index (χ2v) is 20.2. The van der Waals surface area contributed by atoms with Crippen molar-refractivity contribution in [2.24, 2.45) is 0 Å². The Balaban J connectivity index is 0.987. The minimum atomic E-state index is -0.517. The van der Waals surface area contributed by atoms with Crippen LogP contribution in [-0.2, 0) is 5.41 Å². The molecule has 0 bridgehead atoms. The van der Waals surface area contributed by atoms with Crippen molar-refractivity contribution in [3.63, 3.8) is 0 Å². The summed E-state index contributed by atoms with van der Waals surface area (Å²) in [5, 5.41) is 12.7. The van der Waals surface area contributed by atoms with Crippen LogP contribution in [0.3, 0.4) is 0 Å². The van der Waals surface area contributed by atoms with Gasteiger partial charge in [0.2, 0.25) is 0 Å². The Morgan fingerprint density at radius 2 is 1.00 bits per heavy atom. The fraction of sp³-hybridized carbons (Fsp3) is 0.0145. The molecule has 14 aromatic rings. The van der Waals surface area contributed by atoms with E-state index in [-0.39, 0.29) is 0 Å². The number of thiophene rings is 1. The van der Waals surface area contributed by atoms with E-state index in [1.165, 1.54) is 130 Å². The molecular formula is C69H43NS. The highest BCUT2D eigenvalue weighted by molar-refractivity contribution is 7.25. The van der Waals surface area contributed by atoms with Gasteiger partial charge in [-0.2, -0.15) is 0 Å². The summed E-state index contributed by atoms with van der Waals surface area (Å²) >= 11 is 1.87. The fourth-order valence-corrected chi connectivity index (χ4v) is 13.5. The lowest BCUT2D eigenvalue weighted by molar-refractivity contribution is 0.768. The van der Waals surface area contributed by atoms with Gasteiger partial charge in [0.25, 0.3) is 0 Å². The van der Waals surface area contributed by atoms with E-state index in [2.05, 4.69) is 265 Å². The third-order valence-corrected chi connectivity index (χ3v) is 16.6. The Labute approximate surface area is 415 Å². The van der Waals surface area contributed by atoms with E-state index in [0.29, 0.717) is 0 Å². The summed E-state index contributed by atoms with van der Waals surface area (Å²) in [5.41, 5.74) is 15.4. The lowest BCUT2D eigenvalue weighted by Crippen LogP contribution is -2.28. The van der Waals surface area contributed by atoms with Gasteiger partial charge in [0.1, 0.15) is 0 Å². The summed E-state index contributed by atoms with van der Waals surface area (Å²) in [5.74, 6) is 0. The van der Waals surface area contributed by atoms with Gasteiger partial charge in [-0.3, -0.25) is 0 Å². The van der Waals surface area contributed by atoms with E-state index in [9.17, 15) is 0 Å². The van der Waals surface area contributed by atoms with E-state index in [0.717, 1.165) is 5.56 Å². The monoisotopic (exact) mass is 917 g/mol. The molecule has 71 heavy (non-hydrogen) atoms. The predicted molar refractivity (Wildman–Crippen MR) is 303 cm³/mol. The molecule has 0 radical (unpaired) electrons. The maximum atomic E-state index is 2.46. The van der Waals surface area contributed by atoms with Crippen molar-refractivity contribution < 1.29 is 0 Å². The molecule has 2 aromatic heterocycles.